The van der Waals surface area contributed by atoms with Crippen molar-refractivity contribution >= 4 is 17.7 Å². The summed E-state index contributed by atoms with van der Waals surface area (Å²) >= 11 is 1.98. The number of amides is 1. The molecule has 1 saturated carbocycles. The van der Waals surface area contributed by atoms with Gasteiger partial charge >= 0.3 is 0 Å². The van der Waals surface area contributed by atoms with Crippen molar-refractivity contribution in [3.63, 3.8) is 0 Å². The van der Waals surface area contributed by atoms with Crippen LogP contribution in [0.4, 0.5) is 0 Å². The summed E-state index contributed by atoms with van der Waals surface area (Å²) in [5.41, 5.74) is 1.21. The van der Waals surface area contributed by atoms with Gasteiger partial charge in [0, 0.05) is 16.9 Å². The maximum atomic E-state index is 12.1. The average Bonchev–Trinajstić information content (AvgIpc) is 2.86. The minimum absolute atomic E-state index is 0.0309. The minimum Gasteiger partial charge on any atom is -0.349 e. The molecule has 1 aromatic carbocycles. The average molecular weight is 274 g/mol. The number of benzene rings is 1. The molecule has 0 bridgehead atoms. The summed E-state index contributed by atoms with van der Waals surface area (Å²) in [7, 11) is 0. The number of carbonyl (C=O) groups is 1. The van der Waals surface area contributed by atoms with E-state index in [4.69, 9.17) is 5.26 Å². The lowest BCUT2D eigenvalue weighted by molar-refractivity contribution is 0.0938. The molecule has 0 radical (unpaired) electrons. The first-order valence-electron chi connectivity index (χ1n) is 6.65. The Kier molecular flexibility index (Phi) is 4.86. The van der Waals surface area contributed by atoms with Crippen molar-refractivity contribution in [1.29, 1.82) is 5.26 Å². The van der Waals surface area contributed by atoms with Crippen LogP contribution in [0.5, 0.6) is 0 Å². The summed E-state index contributed by atoms with van der Waals surface area (Å²) in [5, 5.41) is 12.5. The first-order chi connectivity index (χ1) is 9.22. The molecule has 100 valence electrons. The van der Waals surface area contributed by atoms with Gasteiger partial charge in [0.15, 0.2) is 0 Å². The Balaban J connectivity index is 1.89. The second kappa shape index (κ2) is 6.63. The zero-order valence-corrected chi connectivity index (χ0v) is 11.9. The van der Waals surface area contributed by atoms with Gasteiger partial charge in [0.1, 0.15) is 0 Å². The molecule has 0 aromatic heterocycles. The van der Waals surface area contributed by atoms with Crippen LogP contribution < -0.4 is 5.32 Å². The number of hydrogen-bond donors (Lipinski definition) is 1. The fourth-order valence-corrected chi connectivity index (χ4v) is 3.57. The standard InChI is InChI=1S/C15H18N2OS/c1-2-19-14-8-7-13(9-14)17-15(18)12-5-3-11(10-16)4-6-12/h3-6,13-14H,2,7-9H2,1H3,(H,17,18). The molecule has 3 nitrogen and oxygen atoms in total. The molecule has 1 aromatic rings. The predicted molar refractivity (Wildman–Crippen MR) is 78.2 cm³/mol. The quantitative estimate of drug-likeness (QED) is 0.918. The number of carbonyl (C=O) groups excluding carboxylic acids is 1. The Morgan fingerprint density at radius 1 is 1.42 bits per heavy atom. The molecular formula is C15H18N2OS. The number of nitriles is 1. The Morgan fingerprint density at radius 3 is 2.79 bits per heavy atom. The summed E-state index contributed by atoms with van der Waals surface area (Å²) in [6, 6.07) is 9.13. The van der Waals surface area contributed by atoms with Crippen LogP contribution in [0, 0.1) is 11.3 Å². The van der Waals surface area contributed by atoms with Crippen molar-refractivity contribution in [1.82, 2.24) is 5.32 Å². The zero-order valence-electron chi connectivity index (χ0n) is 11.1. The zero-order chi connectivity index (χ0) is 13.7. The first-order valence-corrected chi connectivity index (χ1v) is 7.70. The lowest BCUT2D eigenvalue weighted by atomic mass is 10.1. The van der Waals surface area contributed by atoms with Gasteiger partial charge in [-0.15, -0.1) is 0 Å². The molecule has 1 aliphatic rings. The van der Waals surface area contributed by atoms with E-state index in [1.54, 1.807) is 24.3 Å². The molecule has 1 N–H and O–H groups in total. The highest BCUT2D eigenvalue weighted by molar-refractivity contribution is 7.99. The fourth-order valence-electron chi connectivity index (χ4n) is 2.42. The van der Waals surface area contributed by atoms with Crippen molar-refractivity contribution in [2.24, 2.45) is 0 Å². The second-order valence-electron chi connectivity index (χ2n) is 4.75. The third-order valence-electron chi connectivity index (χ3n) is 3.40. The summed E-state index contributed by atoms with van der Waals surface area (Å²) < 4.78 is 0. The lowest BCUT2D eigenvalue weighted by Crippen LogP contribution is -2.33. The van der Waals surface area contributed by atoms with Gasteiger partial charge in [0.25, 0.3) is 5.91 Å². The lowest BCUT2D eigenvalue weighted by Gasteiger charge is -2.13. The van der Waals surface area contributed by atoms with Crippen LogP contribution in [0.1, 0.15) is 42.1 Å². The maximum absolute atomic E-state index is 12.1. The SMILES string of the molecule is CCSC1CCC(NC(=O)c2ccc(C#N)cc2)C1. The molecule has 0 heterocycles. The van der Waals surface area contributed by atoms with Gasteiger partial charge in [-0.1, -0.05) is 6.92 Å². The van der Waals surface area contributed by atoms with Crippen LogP contribution in [-0.4, -0.2) is 23.0 Å². The Labute approximate surface area is 118 Å². The summed E-state index contributed by atoms with van der Waals surface area (Å²) in [5.74, 6) is 1.11. The van der Waals surface area contributed by atoms with E-state index in [9.17, 15) is 4.79 Å². The van der Waals surface area contributed by atoms with Crippen molar-refractivity contribution in [2.45, 2.75) is 37.5 Å². The van der Waals surface area contributed by atoms with E-state index < -0.39 is 0 Å². The summed E-state index contributed by atoms with van der Waals surface area (Å²) in [6.07, 6.45) is 3.33. The van der Waals surface area contributed by atoms with Crippen molar-refractivity contribution in [3.05, 3.63) is 35.4 Å². The number of nitrogens with one attached hydrogen (secondary N) is 1. The molecule has 0 saturated heterocycles. The van der Waals surface area contributed by atoms with Crippen LogP contribution in [0.25, 0.3) is 0 Å². The molecule has 1 aliphatic carbocycles. The Bertz CT molecular complexity index is 478. The molecule has 0 spiro atoms. The van der Waals surface area contributed by atoms with E-state index in [-0.39, 0.29) is 5.91 Å². The number of hydrogen-bond acceptors (Lipinski definition) is 3. The second-order valence-corrected chi connectivity index (χ2v) is 6.33. The number of rotatable bonds is 4. The fraction of sp³-hybridized carbons (Fsp3) is 0.467. The van der Waals surface area contributed by atoms with Crippen LogP contribution in [0.3, 0.4) is 0 Å². The first kappa shape index (κ1) is 14.0. The highest BCUT2D eigenvalue weighted by atomic mass is 32.2. The normalized spacial score (nSPS) is 21.9. The van der Waals surface area contributed by atoms with Gasteiger partial charge in [-0.25, -0.2) is 0 Å². The van der Waals surface area contributed by atoms with Gasteiger partial charge < -0.3 is 5.32 Å². The molecule has 1 amide bonds. The molecule has 2 atom stereocenters. The highest BCUT2D eigenvalue weighted by Crippen LogP contribution is 2.29. The number of nitrogens with zero attached hydrogens (tertiary/aromatic N) is 1. The largest absolute Gasteiger partial charge is 0.349 e. The van der Waals surface area contributed by atoms with Gasteiger partial charge in [-0.2, -0.15) is 17.0 Å². The molecule has 4 heteroatoms. The smallest absolute Gasteiger partial charge is 0.251 e. The van der Waals surface area contributed by atoms with Gasteiger partial charge in [0.05, 0.1) is 11.6 Å². The highest BCUT2D eigenvalue weighted by Gasteiger charge is 2.25. The van der Waals surface area contributed by atoms with E-state index in [0.717, 1.165) is 18.6 Å². The Morgan fingerprint density at radius 2 is 2.16 bits per heavy atom. The minimum atomic E-state index is -0.0309. The van der Waals surface area contributed by atoms with E-state index in [1.165, 1.54) is 6.42 Å². The van der Waals surface area contributed by atoms with Crippen molar-refractivity contribution in [3.8, 4) is 6.07 Å². The van der Waals surface area contributed by atoms with Crippen LogP contribution in [-0.2, 0) is 0 Å². The van der Waals surface area contributed by atoms with Gasteiger partial charge in [-0.05, 0) is 49.3 Å². The third-order valence-corrected chi connectivity index (χ3v) is 4.63. The van der Waals surface area contributed by atoms with Crippen molar-refractivity contribution < 1.29 is 4.79 Å². The van der Waals surface area contributed by atoms with E-state index >= 15 is 0 Å². The Hall–Kier alpha value is -1.47. The van der Waals surface area contributed by atoms with Gasteiger partial charge in [0.2, 0.25) is 0 Å². The van der Waals surface area contributed by atoms with Crippen LogP contribution in [0.2, 0.25) is 0 Å². The molecule has 19 heavy (non-hydrogen) atoms. The van der Waals surface area contributed by atoms with E-state index in [2.05, 4.69) is 18.3 Å². The predicted octanol–water partition coefficient (Wildman–Crippen LogP) is 2.96. The van der Waals surface area contributed by atoms with E-state index in [0.29, 0.717) is 22.4 Å². The topological polar surface area (TPSA) is 52.9 Å². The maximum Gasteiger partial charge on any atom is 0.251 e. The molecule has 2 unspecified atom stereocenters. The molecule has 1 fully saturated rings. The van der Waals surface area contributed by atoms with Crippen LogP contribution in [0.15, 0.2) is 24.3 Å². The van der Waals surface area contributed by atoms with Crippen molar-refractivity contribution in [2.75, 3.05) is 5.75 Å². The van der Waals surface area contributed by atoms with Crippen LogP contribution >= 0.6 is 11.8 Å². The van der Waals surface area contributed by atoms with Gasteiger partial charge in [-0.3, -0.25) is 4.79 Å². The summed E-state index contributed by atoms with van der Waals surface area (Å²) in [4.78, 5) is 12.1. The molecule has 0 aliphatic heterocycles. The third kappa shape index (κ3) is 3.74. The molecule has 2 rings (SSSR count). The molecular weight excluding hydrogens is 256 g/mol. The summed E-state index contributed by atoms with van der Waals surface area (Å²) in [6.45, 7) is 2.17. The number of thioether (sulfide) groups is 1. The monoisotopic (exact) mass is 274 g/mol. The van der Waals surface area contributed by atoms with E-state index in [1.807, 2.05) is 11.8 Å².